The lowest BCUT2D eigenvalue weighted by Crippen LogP contribution is -2.35. The molecule has 2 rings (SSSR count). The number of carboxylic acids is 1. The third-order valence-corrected chi connectivity index (χ3v) is 5.21. The second-order valence-corrected chi connectivity index (χ2v) is 6.69. The lowest BCUT2D eigenvalue weighted by Gasteiger charge is -2.31. The summed E-state index contributed by atoms with van der Waals surface area (Å²) in [4.78, 5) is 18.3. The van der Waals surface area contributed by atoms with E-state index in [1.807, 2.05) is 0 Å². The Bertz CT molecular complexity index is 450. The van der Waals surface area contributed by atoms with Gasteiger partial charge in [0.15, 0.2) is 0 Å². The van der Waals surface area contributed by atoms with Crippen LogP contribution in [0, 0.1) is 12.8 Å². The SMILES string of the molecule is Cc1nc(C(C)CN2CCC(C)CC2)sc1C(=O)O. The standard InChI is InChI=1S/C14H22N2O2S/c1-9-4-6-16(7-5-9)8-10(2)13-15-11(3)12(19-13)14(17)18/h9-10H,4-8H2,1-3H3,(H,17,18). The molecule has 1 aromatic heterocycles. The molecule has 0 amide bonds. The highest BCUT2D eigenvalue weighted by Gasteiger charge is 2.22. The maximum atomic E-state index is 11.0. The first-order valence-corrected chi connectivity index (χ1v) is 7.72. The number of carboxylic acid groups (broad SMARTS) is 1. The minimum atomic E-state index is -0.861. The summed E-state index contributed by atoms with van der Waals surface area (Å²) in [7, 11) is 0. The van der Waals surface area contributed by atoms with Gasteiger partial charge in [0.1, 0.15) is 4.88 Å². The van der Waals surface area contributed by atoms with E-state index in [4.69, 9.17) is 5.11 Å². The van der Waals surface area contributed by atoms with Crippen molar-refractivity contribution in [3.05, 3.63) is 15.6 Å². The minimum absolute atomic E-state index is 0.310. The molecule has 1 aliphatic rings. The van der Waals surface area contributed by atoms with Crippen LogP contribution in [0.15, 0.2) is 0 Å². The second-order valence-electron chi connectivity index (χ2n) is 5.66. The number of rotatable bonds is 4. The Kier molecular flexibility index (Phi) is 4.58. The van der Waals surface area contributed by atoms with E-state index in [9.17, 15) is 4.79 Å². The quantitative estimate of drug-likeness (QED) is 0.922. The molecule has 19 heavy (non-hydrogen) atoms. The largest absolute Gasteiger partial charge is 0.477 e. The summed E-state index contributed by atoms with van der Waals surface area (Å²) < 4.78 is 0. The van der Waals surface area contributed by atoms with Gasteiger partial charge >= 0.3 is 5.97 Å². The molecule has 1 N–H and O–H groups in total. The Morgan fingerprint density at radius 2 is 2.16 bits per heavy atom. The summed E-state index contributed by atoms with van der Waals surface area (Å²) in [6.07, 6.45) is 2.54. The smallest absolute Gasteiger partial charge is 0.347 e. The van der Waals surface area contributed by atoms with Gasteiger partial charge in [-0.05, 0) is 38.8 Å². The molecular formula is C14H22N2O2S. The van der Waals surface area contributed by atoms with Gasteiger partial charge in [0.05, 0.1) is 10.7 Å². The van der Waals surface area contributed by atoms with Crippen LogP contribution in [0.1, 0.15) is 53.0 Å². The van der Waals surface area contributed by atoms with Crippen molar-refractivity contribution in [3.63, 3.8) is 0 Å². The van der Waals surface area contributed by atoms with Gasteiger partial charge in [0.2, 0.25) is 0 Å². The maximum absolute atomic E-state index is 11.0. The molecule has 1 atom stereocenters. The van der Waals surface area contributed by atoms with Crippen molar-refractivity contribution in [1.29, 1.82) is 0 Å². The van der Waals surface area contributed by atoms with Crippen molar-refractivity contribution >= 4 is 17.3 Å². The van der Waals surface area contributed by atoms with Gasteiger partial charge in [-0.1, -0.05) is 13.8 Å². The molecule has 0 saturated carbocycles. The van der Waals surface area contributed by atoms with Crippen LogP contribution in [-0.2, 0) is 0 Å². The van der Waals surface area contributed by atoms with E-state index in [0.29, 0.717) is 16.5 Å². The molecular weight excluding hydrogens is 260 g/mol. The van der Waals surface area contributed by atoms with Gasteiger partial charge in [-0.25, -0.2) is 9.78 Å². The van der Waals surface area contributed by atoms with Crippen LogP contribution < -0.4 is 0 Å². The highest BCUT2D eigenvalue weighted by atomic mass is 32.1. The van der Waals surface area contributed by atoms with Gasteiger partial charge in [0.25, 0.3) is 0 Å². The maximum Gasteiger partial charge on any atom is 0.347 e. The number of hydrogen-bond acceptors (Lipinski definition) is 4. The molecule has 2 heterocycles. The zero-order valence-corrected chi connectivity index (χ0v) is 12.7. The summed E-state index contributed by atoms with van der Waals surface area (Å²) >= 11 is 1.33. The van der Waals surface area contributed by atoms with Crippen molar-refractivity contribution in [3.8, 4) is 0 Å². The molecule has 0 radical (unpaired) electrons. The Labute approximate surface area is 118 Å². The number of thiazole rings is 1. The second kappa shape index (κ2) is 6.01. The third kappa shape index (κ3) is 3.54. The first kappa shape index (κ1) is 14.5. The fraction of sp³-hybridized carbons (Fsp3) is 0.714. The molecule has 1 aliphatic heterocycles. The molecule has 106 valence electrons. The predicted octanol–water partition coefficient (Wildman–Crippen LogP) is 2.99. The van der Waals surface area contributed by atoms with Crippen molar-refractivity contribution in [1.82, 2.24) is 9.88 Å². The number of likely N-dealkylation sites (tertiary alicyclic amines) is 1. The van der Waals surface area contributed by atoms with Crippen LogP contribution in [0.4, 0.5) is 0 Å². The third-order valence-electron chi connectivity index (χ3n) is 3.84. The van der Waals surface area contributed by atoms with E-state index in [1.54, 1.807) is 6.92 Å². The number of aryl methyl sites for hydroxylation is 1. The highest BCUT2D eigenvalue weighted by molar-refractivity contribution is 7.13. The Morgan fingerprint density at radius 3 is 2.68 bits per heavy atom. The summed E-state index contributed by atoms with van der Waals surface area (Å²) in [5.41, 5.74) is 0.645. The number of carbonyl (C=O) groups is 1. The fourth-order valence-electron chi connectivity index (χ4n) is 2.54. The van der Waals surface area contributed by atoms with Gasteiger partial charge in [-0.2, -0.15) is 0 Å². The number of piperidine rings is 1. The molecule has 5 heteroatoms. The Morgan fingerprint density at radius 1 is 1.53 bits per heavy atom. The Balaban J connectivity index is 1.98. The molecule has 0 bridgehead atoms. The number of nitrogens with zero attached hydrogens (tertiary/aromatic N) is 2. The van der Waals surface area contributed by atoms with Gasteiger partial charge < -0.3 is 10.0 Å². The van der Waals surface area contributed by atoms with Crippen LogP contribution in [0.25, 0.3) is 0 Å². The molecule has 1 unspecified atom stereocenters. The first-order chi connectivity index (χ1) is 8.97. The predicted molar refractivity (Wildman–Crippen MR) is 77.1 cm³/mol. The van der Waals surface area contributed by atoms with Crippen molar-refractivity contribution < 1.29 is 9.90 Å². The molecule has 0 aromatic carbocycles. The van der Waals surface area contributed by atoms with Crippen molar-refractivity contribution in [2.24, 2.45) is 5.92 Å². The topological polar surface area (TPSA) is 53.4 Å². The van der Waals surface area contributed by atoms with Gasteiger partial charge in [-0.15, -0.1) is 11.3 Å². The summed E-state index contributed by atoms with van der Waals surface area (Å²) in [5.74, 6) is 0.290. The highest BCUT2D eigenvalue weighted by Crippen LogP contribution is 2.27. The lowest BCUT2D eigenvalue weighted by molar-refractivity contribution is 0.0701. The summed E-state index contributed by atoms with van der Waals surface area (Å²) in [5, 5.41) is 10.0. The molecule has 1 aromatic rings. The minimum Gasteiger partial charge on any atom is -0.477 e. The zero-order chi connectivity index (χ0) is 14.0. The van der Waals surface area contributed by atoms with Crippen molar-refractivity contribution in [2.75, 3.05) is 19.6 Å². The number of aromatic carboxylic acids is 1. The van der Waals surface area contributed by atoms with E-state index < -0.39 is 5.97 Å². The van der Waals surface area contributed by atoms with E-state index in [0.717, 1.165) is 30.6 Å². The van der Waals surface area contributed by atoms with E-state index in [-0.39, 0.29) is 0 Å². The van der Waals surface area contributed by atoms with Crippen LogP contribution in [0.2, 0.25) is 0 Å². The normalized spacial score (nSPS) is 19.5. The average molecular weight is 282 g/mol. The average Bonchev–Trinajstić information content (AvgIpc) is 2.74. The first-order valence-electron chi connectivity index (χ1n) is 6.90. The monoisotopic (exact) mass is 282 g/mol. The van der Waals surface area contributed by atoms with E-state index in [1.165, 1.54) is 24.2 Å². The summed E-state index contributed by atoms with van der Waals surface area (Å²) in [6.45, 7) is 9.52. The van der Waals surface area contributed by atoms with Crippen LogP contribution in [0.3, 0.4) is 0 Å². The number of hydrogen-bond donors (Lipinski definition) is 1. The van der Waals surface area contributed by atoms with Crippen LogP contribution in [-0.4, -0.2) is 40.6 Å². The molecule has 1 saturated heterocycles. The van der Waals surface area contributed by atoms with E-state index >= 15 is 0 Å². The van der Waals surface area contributed by atoms with Crippen LogP contribution in [0.5, 0.6) is 0 Å². The van der Waals surface area contributed by atoms with Gasteiger partial charge in [-0.3, -0.25) is 0 Å². The molecule has 0 aliphatic carbocycles. The number of aromatic nitrogens is 1. The summed E-state index contributed by atoms with van der Waals surface area (Å²) in [6, 6.07) is 0. The van der Waals surface area contributed by atoms with Gasteiger partial charge in [0, 0.05) is 12.5 Å². The van der Waals surface area contributed by atoms with Crippen molar-refractivity contribution in [2.45, 2.75) is 39.5 Å². The zero-order valence-electron chi connectivity index (χ0n) is 11.8. The molecule has 1 fully saturated rings. The molecule has 0 spiro atoms. The fourth-order valence-corrected chi connectivity index (χ4v) is 3.48. The van der Waals surface area contributed by atoms with E-state index in [2.05, 4.69) is 23.7 Å². The lowest BCUT2D eigenvalue weighted by atomic mass is 9.98. The Hall–Kier alpha value is -0.940. The molecule has 4 nitrogen and oxygen atoms in total. The van der Waals surface area contributed by atoms with Crippen LogP contribution >= 0.6 is 11.3 Å².